The van der Waals surface area contributed by atoms with Crippen molar-refractivity contribution in [3.8, 4) is 5.75 Å². The Morgan fingerprint density at radius 2 is 2.29 bits per heavy atom. The Morgan fingerprint density at radius 1 is 1.47 bits per heavy atom. The zero-order chi connectivity index (χ0) is 12.3. The molecule has 0 saturated carbocycles. The van der Waals surface area contributed by atoms with Crippen molar-refractivity contribution in [3.05, 3.63) is 36.4 Å². The van der Waals surface area contributed by atoms with Crippen molar-refractivity contribution in [1.82, 2.24) is 14.5 Å². The first-order chi connectivity index (χ1) is 8.16. The highest BCUT2D eigenvalue weighted by atomic mass is 16.5. The summed E-state index contributed by atoms with van der Waals surface area (Å²) < 4.78 is 7.46. The Hall–Kier alpha value is -2.04. The molecule has 90 valence electrons. The number of rotatable bonds is 4. The van der Waals surface area contributed by atoms with Gasteiger partial charge in [0.05, 0.1) is 11.9 Å². The van der Waals surface area contributed by atoms with Gasteiger partial charge < -0.3 is 15.0 Å². The monoisotopic (exact) mass is 232 g/mol. The lowest BCUT2D eigenvalue weighted by Gasteiger charge is -2.06. The first kappa shape index (κ1) is 11.4. The molecular formula is C12H16N4O. The molecule has 0 aliphatic rings. The van der Waals surface area contributed by atoms with Crippen LogP contribution in [0, 0.1) is 0 Å². The minimum absolute atomic E-state index is 0.301. The molecule has 0 atom stereocenters. The summed E-state index contributed by atoms with van der Waals surface area (Å²) in [5, 5.41) is 0. The Bertz CT molecular complexity index is 479. The Labute approximate surface area is 100 Å². The van der Waals surface area contributed by atoms with Gasteiger partial charge in [-0.3, -0.25) is 4.98 Å². The van der Waals surface area contributed by atoms with E-state index in [1.165, 1.54) is 0 Å². The summed E-state index contributed by atoms with van der Waals surface area (Å²) in [6.07, 6.45) is 5.29. The summed E-state index contributed by atoms with van der Waals surface area (Å²) >= 11 is 0. The van der Waals surface area contributed by atoms with Crippen molar-refractivity contribution in [2.24, 2.45) is 0 Å². The average Bonchev–Trinajstić information content (AvgIpc) is 2.69. The number of imidazole rings is 1. The van der Waals surface area contributed by atoms with Crippen LogP contribution in [0.1, 0.15) is 25.6 Å². The molecule has 0 fully saturated rings. The molecule has 0 bridgehead atoms. The van der Waals surface area contributed by atoms with E-state index in [-0.39, 0.29) is 0 Å². The largest absolute Gasteiger partial charge is 0.486 e. The summed E-state index contributed by atoms with van der Waals surface area (Å²) in [5.74, 6) is 1.25. The molecule has 0 aromatic carbocycles. The van der Waals surface area contributed by atoms with Gasteiger partial charge in [0.2, 0.25) is 5.95 Å². The quantitative estimate of drug-likeness (QED) is 0.875. The summed E-state index contributed by atoms with van der Waals surface area (Å²) in [6, 6.07) is 3.99. The molecule has 2 aromatic rings. The van der Waals surface area contributed by atoms with Gasteiger partial charge in [-0.2, -0.15) is 0 Å². The maximum absolute atomic E-state index is 5.80. The molecular weight excluding hydrogens is 216 g/mol. The minimum atomic E-state index is 0.301. The Kier molecular flexibility index (Phi) is 3.27. The van der Waals surface area contributed by atoms with E-state index in [0.29, 0.717) is 18.6 Å². The van der Waals surface area contributed by atoms with Crippen molar-refractivity contribution < 1.29 is 4.74 Å². The van der Waals surface area contributed by atoms with Crippen molar-refractivity contribution in [2.45, 2.75) is 26.5 Å². The molecule has 0 spiro atoms. The Balaban J connectivity index is 2.02. The lowest BCUT2D eigenvalue weighted by Crippen LogP contribution is -2.03. The van der Waals surface area contributed by atoms with Gasteiger partial charge in [-0.05, 0) is 26.0 Å². The Morgan fingerprint density at radius 3 is 2.88 bits per heavy atom. The van der Waals surface area contributed by atoms with Crippen LogP contribution in [0.15, 0.2) is 30.7 Å². The highest BCUT2D eigenvalue weighted by Gasteiger charge is 2.07. The molecule has 0 aliphatic heterocycles. The topological polar surface area (TPSA) is 66.0 Å². The molecule has 2 heterocycles. The van der Waals surface area contributed by atoms with Crippen molar-refractivity contribution in [2.75, 3.05) is 5.73 Å². The van der Waals surface area contributed by atoms with Gasteiger partial charge >= 0.3 is 0 Å². The first-order valence-electron chi connectivity index (χ1n) is 5.53. The maximum atomic E-state index is 5.80. The number of anilines is 1. The fourth-order valence-corrected chi connectivity index (χ4v) is 1.53. The molecule has 17 heavy (non-hydrogen) atoms. The predicted molar refractivity (Wildman–Crippen MR) is 65.6 cm³/mol. The van der Waals surface area contributed by atoms with E-state index >= 15 is 0 Å². The van der Waals surface area contributed by atoms with Crippen LogP contribution in [0.25, 0.3) is 0 Å². The van der Waals surface area contributed by atoms with E-state index in [4.69, 9.17) is 10.5 Å². The summed E-state index contributed by atoms with van der Waals surface area (Å²) in [5.41, 5.74) is 6.61. The number of hydrogen-bond donors (Lipinski definition) is 1. The number of pyridine rings is 1. The SMILES string of the molecule is CC(C)n1cc(COc2cccnc2)nc1N. The molecule has 2 aromatic heterocycles. The second-order valence-corrected chi connectivity index (χ2v) is 4.07. The number of ether oxygens (including phenoxy) is 1. The average molecular weight is 232 g/mol. The maximum Gasteiger partial charge on any atom is 0.200 e. The molecule has 2 rings (SSSR count). The molecule has 0 amide bonds. The zero-order valence-electron chi connectivity index (χ0n) is 10.00. The predicted octanol–water partition coefficient (Wildman–Crippen LogP) is 2.02. The van der Waals surface area contributed by atoms with Gasteiger partial charge in [-0.15, -0.1) is 0 Å². The molecule has 0 saturated heterocycles. The first-order valence-corrected chi connectivity index (χ1v) is 5.53. The second kappa shape index (κ2) is 4.86. The number of hydrogen-bond acceptors (Lipinski definition) is 4. The van der Waals surface area contributed by atoms with Crippen LogP contribution >= 0.6 is 0 Å². The van der Waals surface area contributed by atoms with Gasteiger partial charge in [-0.25, -0.2) is 4.98 Å². The molecule has 0 radical (unpaired) electrons. The van der Waals surface area contributed by atoms with Gasteiger partial charge in [-0.1, -0.05) is 0 Å². The van der Waals surface area contributed by atoms with Crippen LogP contribution in [0.4, 0.5) is 5.95 Å². The van der Waals surface area contributed by atoms with Gasteiger partial charge in [0.1, 0.15) is 12.4 Å². The van der Waals surface area contributed by atoms with Crippen molar-refractivity contribution in [1.29, 1.82) is 0 Å². The smallest absolute Gasteiger partial charge is 0.200 e. The number of nitrogens with two attached hydrogens (primary N) is 1. The highest BCUT2D eigenvalue weighted by Crippen LogP contribution is 2.15. The normalized spacial score (nSPS) is 10.8. The third-order valence-electron chi connectivity index (χ3n) is 2.39. The van der Waals surface area contributed by atoms with E-state index in [9.17, 15) is 0 Å². The summed E-state index contributed by atoms with van der Waals surface area (Å²) in [7, 11) is 0. The van der Waals surface area contributed by atoms with E-state index in [1.807, 2.05) is 22.9 Å². The van der Waals surface area contributed by atoms with Crippen LogP contribution in [0.2, 0.25) is 0 Å². The number of nitrogens with zero attached hydrogens (tertiary/aromatic N) is 3. The van der Waals surface area contributed by atoms with Crippen LogP contribution in [0.3, 0.4) is 0 Å². The van der Waals surface area contributed by atoms with Crippen molar-refractivity contribution in [3.63, 3.8) is 0 Å². The zero-order valence-corrected chi connectivity index (χ0v) is 10.00. The third kappa shape index (κ3) is 2.75. The summed E-state index contributed by atoms with van der Waals surface area (Å²) in [4.78, 5) is 8.21. The fraction of sp³-hybridized carbons (Fsp3) is 0.333. The summed E-state index contributed by atoms with van der Waals surface area (Å²) in [6.45, 7) is 4.52. The van der Waals surface area contributed by atoms with Gasteiger partial charge in [0.15, 0.2) is 0 Å². The van der Waals surface area contributed by atoms with Crippen LogP contribution in [0.5, 0.6) is 5.75 Å². The van der Waals surface area contributed by atoms with Gasteiger partial charge in [0, 0.05) is 18.4 Å². The number of nitrogen functional groups attached to an aromatic ring is 1. The van der Waals surface area contributed by atoms with E-state index < -0.39 is 0 Å². The molecule has 0 aliphatic carbocycles. The fourth-order valence-electron chi connectivity index (χ4n) is 1.53. The molecule has 2 N–H and O–H groups in total. The van der Waals surface area contributed by atoms with E-state index in [0.717, 1.165) is 11.4 Å². The standard InChI is InChI=1S/C12H16N4O/c1-9(2)16-7-10(15-12(16)13)8-17-11-4-3-5-14-6-11/h3-7,9H,8H2,1-2H3,(H2,13,15). The van der Waals surface area contributed by atoms with Crippen LogP contribution in [-0.2, 0) is 6.61 Å². The second-order valence-electron chi connectivity index (χ2n) is 4.07. The van der Waals surface area contributed by atoms with Crippen LogP contribution < -0.4 is 10.5 Å². The highest BCUT2D eigenvalue weighted by molar-refractivity contribution is 5.23. The lowest BCUT2D eigenvalue weighted by molar-refractivity contribution is 0.300. The molecule has 5 heteroatoms. The van der Waals surface area contributed by atoms with Gasteiger partial charge in [0.25, 0.3) is 0 Å². The van der Waals surface area contributed by atoms with E-state index in [1.54, 1.807) is 12.4 Å². The van der Waals surface area contributed by atoms with Crippen molar-refractivity contribution >= 4 is 5.95 Å². The lowest BCUT2D eigenvalue weighted by atomic mass is 10.4. The minimum Gasteiger partial charge on any atom is -0.486 e. The number of aromatic nitrogens is 3. The van der Waals surface area contributed by atoms with E-state index in [2.05, 4.69) is 23.8 Å². The van der Waals surface area contributed by atoms with Crippen LogP contribution in [-0.4, -0.2) is 14.5 Å². The third-order valence-corrected chi connectivity index (χ3v) is 2.39. The molecule has 5 nitrogen and oxygen atoms in total. The molecule has 0 unspecified atom stereocenters.